The van der Waals surface area contributed by atoms with Crippen molar-refractivity contribution in [2.75, 3.05) is 80.7 Å². The van der Waals surface area contributed by atoms with Crippen molar-refractivity contribution < 1.29 is 9.66 Å². The van der Waals surface area contributed by atoms with E-state index in [4.69, 9.17) is 16.3 Å². The molecule has 0 bridgehead atoms. The first kappa shape index (κ1) is 21.5. The minimum absolute atomic E-state index is 0.0688. The second kappa shape index (κ2) is 10.1. The maximum atomic E-state index is 11.9. The number of nitro groups is 1. The minimum atomic E-state index is -0.393. The molecule has 11 heteroatoms. The van der Waals surface area contributed by atoms with Crippen molar-refractivity contribution >= 4 is 34.6 Å². The predicted molar refractivity (Wildman–Crippen MR) is 120 cm³/mol. The van der Waals surface area contributed by atoms with Crippen molar-refractivity contribution in [2.24, 2.45) is 0 Å². The zero-order chi connectivity index (χ0) is 21.6. The molecular weight excluding hydrogens is 422 g/mol. The standard InChI is InChI=1S/C20H26ClN7O3/c21-16-2-1-3-17(14-16)26-6-8-27(9-7-26)20-18(28(29)30)19(23-15-24-20)22-4-5-25-10-12-31-13-11-25/h1-3,14-15H,4-13H2,(H,22,23,24). The Morgan fingerprint density at radius 1 is 1.10 bits per heavy atom. The molecule has 0 amide bonds. The highest BCUT2D eigenvalue weighted by atomic mass is 35.5. The fourth-order valence-electron chi connectivity index (χ4n) is 3.90. The lowest BCUT2D eigenvalue weighted by molar-refractivity contribution is -0.383. The number of hydrogen-bond donors (Lipinski definition) is 1. The molecule has 166 valence electrons. The van der Waals surface area contributed by atoms with E-state index in [1.807, 2.05) is 29.2 Å². The fourth-order valence-corrected chi connectivity index (χ4v) is 4.09. The molecule has 2 aliphatic rings. The van der Waals surface area contributed by atoms with E-state index in [-0.39, 0.29) is 11.5 Å². The summed E-state index contributed by atoms with van der Waals surface area (Å²) in [6.07, 6.45) is 1.39. The molecule has 1 aromatic carbocycles. The molecule has 0 radical (unpaired) electrons. The lowest BCUT2D eigenvalue weighted by atomic mass is 10.2. The molecule has 2 aliphatic heterocycles. The van der Waals surface area contributed by atoms with Crippen LogP contribution in [0.4, 0.5) is 23.0 Å². The number of anilines is 3. The average molecular weight is 448 g/mol. The summed E-state index contributed by atoms with van der Waals surface area (Å²) in [5, 5.41) is 15.7. The number of nitrogens with zero attached hydrogens (tertiary/aromatic N) is 6. The van der Waals surface area contributed by atoms with Crippen LogP contribution in [-0.4, -0.2) is 85.4 Å². The lowest BCUT2D eigenvalue weighted by Crippen LogP contribution is -2.47. The molecule has 0 unspecified atom stereocenters. The number of piperazine rings is 1. The van der Waals surface area contributed by atoms with Gasteiger partial charge in [0.15, 0.2) is 0 Å². The Bertz CT molecular complexity index is 902. The smallest absolute Gasteiger partial charge is 0.353 e. The Kier molecular flexibility index (Phi) is 7.00. The predicted octanol–water partition coefficient (Wildman–Crippen LogP) is 2.11. The first-order valence-corrected chi connectivity index (χ1v) is 10.8. The van der Waals surface area contributed by atoms with E-state index < -0.39 is 4.92 Å². The highest BCUT2D eigenvalue weighted by molar-refractivity contribution is 6.30. The van der Waals surface area contributed by atoms with E-state index in [0.717, 1.165) is 51.6 Å². The van der Waals surface area contributed by atoms with Crippen molar-refractivity contribution in [2.45, 2.75) is 0 Å². The van der Waals surface area contributed by atoms with Crippen LogP contribution in [-0.2, 0) is 4.74 Å². The van der Waals surface area contributed by atoms with E-state index in [1.165, 1.54) is 6.33 Å². The van der Waals surface area contributed by atoms with Crippen LogP contribution >= 0.6 is 11.6 Å². The topological polar surface area (TPSA) is 99.9 Å². The number of morpholine rings is 1. The average Bonchev–Trinajstić information content (AvgIpc) is 2.79. The van der Waals surface area contributed by atoms with Gasteiger partial charge in [-0.05, 0) is 18.2 Å². The normalized spacial score (nSPS) is 17.6. The van der Waals surface area contributed by atoms with Gasteiger partial charge in [-0.1, -0.05) is 17.7 Å². The summed E-state index contributed by atoms with van der Waals surface area (Å²) in [7, 11) is 0. The van der Waals surface area contributed by atoms with Gasteiger partial charge in [-0.3, -0.25) is 15.0 Å². The van der Waals surface area contributed by atoms with Crippen LogP contribution in [0, 0.1) is 10.1 Å². The Morgan fingerprint density at radius 2 is 1.84 bits per heavy atom. The molecule has 0 aliphatic carbocycles. The van der Waals surface area contributed by atoms with Gasteiger partial charge in [0.25, 0.3) is 0 Å². The lowest BCUT2D eigenvalue weighted by Gasteiger charge is -2.36. The Balaban J connectivity index is 1.42. The van der Waals surface area contributed by atoms with Gasteiger partial charge in [0, 0.05) is 63.1 Å². The molecule has 2 saturated heterocycles. The first-order valence-electron chi connectivity index (χ1n) is 10.4. The molecule has 3 heterocycles. The Labute approximate surface area is 185 Å². The van der Waals surface area contributed by atoms with E-state index in [0.29, 0.717) is 30.5 Å². The third-order valence-corrected chi connectivity index (χ3v) is 5.80. The van der Waals surface area contributed by atoms with Gasteiger partial charge in [-0.25, -0.2) is 9.97 Å². The molecule has 0 spiro atoms. The van der Waals surface area contributed by atoms with Crippen molar-refractivity contribution in [3.8, 4) is 0 Å². The van der Waals surface area contributed by atoms with Crippen molar-refractivity contribution in [3.63, 3.8) is 0 Å². The second-order valence-electron chi connectivity index (χ2n) is 7.49. The maximum Gasteiger partial charge on any atom is 0.353 e. The number of hydrogen-bond acceptors (Lipinski definition) is 9. The van der Waals surface area contributed by atoms with Gasteiger partial charge in [-0.15, -0.1) is 0 Å². The quantitative estimate of drug-likeness (QED) is 0.505. The number of ether oxygens (including phenoxy) is 1. The molecule has 2 aromatic rings. The van der Waals surface area contributed by atoms with Crippen LogP contribution in [0.25, 0.3) is 0 Å². The molecule has 4 rings (SSSR count). The summed E-state index contributed by atoms with van der Waals surface area (Å²) in [6, 6.07) is 7.72. The third kappa shape index (κ3) is 5.33. The number of benzene rings is 1. The number of rotatable bonds is 7. The number of nitrogens with one attached hydrogen (secondary N) is 1. The third-order valence-electron chi connectivity index (χ3n) is 5.56. The molecule has 0 saturated carbocycles. The van der Waals surface area contributed by atoms with Gasteiger partial charge in [0.2, 0.25) is 11.6 Å². The van der Waals surface area contributed by atoms with Crippen molar-refractivity contribution in [1.29, 1.82) is 0 Å². The highest BCUT2D eigenvalue weighted by Gasteiger charge is 2.29. The summed E-state index contributed by atoms with van der Waals surface area (Å²) in [5.41, 5.74) is 0.982. The number of halogens is 1. The molecule has 2 fully saturated rings. The van der Waals surface area contributed by atoms with E-state index in [2.05, 4.69) is 25.1 Å². The first-order chi connectivity index (χ1) is 15.1. The van der Waals surface area contributed by atoms with E-state index >= 15 is 0 Å². The minimum Gasteiger partial charge on any atom is -0.379 e. The van der Waals surface area contributed by atoms with Crippen LogP contribution in [0.1, 0.15) is 0 Å². The fraction of sp³-hybridized carbons (Fsp3) is 0.500. The van der Waals surface area contributed by atoms with Crippen molar-refractivity contribution in [1.82, 2.24) is 14.9 Å². The summed E-state index contributed by atoms with van der Waals surface area (Å²) in [6.45, 7) is 7.22. The summed E-state index contributed by atoms with van der Waals surface area (Å²) in [5.74, 6) is 0.625. The van der Waals surface area contributed by atoms with E-state index in [1.54, 1.807) is 0 Å². The summed E-state index contributed by atoms with van der Waals surface area (Å²) < 4.78 is 5.35. The molecule has 0 atom stereocenters. The van der Waals surface area contributed by atoms with Crippen LogP contribution in [0.3, 0.4) is 0 Å². The molecule has 1 N–H and O–H groups in total. The largest absolute Gasteiger partial charge is 0.379 e. The molecular formula is C20H26ClN7O3. The second-order valence-corrected chi connectivity index (χ2v) is 7.92. The van der Waals surface area contributed by atoms with Gasteiger partial charge < -0.3 is 19.9 Å². The Morgan fingerprint density at radius 3 is 2.55 bits per heavy atom. The summed E-state index contributed by atoms with van der Waals surface area (Å²) >= 11 is 6.11. The zero-order valence-corrected chi connectivity index (χ0v) is 18.0. The van der Waals surface area contributed by atoms with Gasteiger partial charge in [0.1, 0.15) is 6.33 Å². The van der Waals surface area contributed by atoms with Gasteiger partial charge in [0.05, 0.1) is 18.1 Å². The van der Waals surface area contributed by atoms with E-state index in [9.17, 15) is 10.1 Å². The molecule has 10 nitrogen and oxygen atoms in total. The maximum absolute atomic E-state index is 11.9. The van der Waals surface area contributed by atoms with Crippen LogP contribution in [0.15, 0.2) is 30.6 Å². The SMILES string of the molecule is O=[N+]([O-])c1c(NCCN2CCOCC2)ncnc1N1CCN(c2cccc(Cl)c2)CC1. The molecule has 31 heavy (non-hydrogen) atoms. The zero-order valence-electron chi connectivity index (χ0n) is 17.2. The van der Waals surface area contributed by atoms with Gasteiger partial charge >= 0.3 is 5.69 Å². The van der Waals surface area contributed by atoms with Gasteiger partial charge in [-0.2, -0.15) is 0 Å². The van der Waals surface area contributed by atoms with Crippen molar-refractivity contribution in [3.05, 3.63) is 45.7 Å². The van der Waals surface area contributed by atoms with Crippen LogP contribution < -0.4 is 15.1 Å². The molecule has 1 aromatic heterocycles. The summed E-state index contributed by atoms with van der Waals surface area (Å²) in [4.78, 5) is 26.3. The monoisotopic (exact) mass is 447 g/mol. The Hall–Kier alpha value is -2.69. The number of aromatic nitrogens is 2. The van der Waals surface area contributed by atoms with Crippen LogP contribution in [0.5, 0.6) is 0 Å². The highest BCUT2D eigenvalue weighted by Crippen LogP contribution is 2.32. The van der Waals surface area contributed by atoms with Crippen LogP contribution in [0.2, 0.25) is 5.02 Å².